The number of benzene rings is 1. The molecule has 2 fully saturated rings. The predicted octanol–water partition coefficient (Wildman–Crippen LogP) is 2.16. The predicted molar refractivity (Wildman–Crippen MR) is 92.9 cm³/mol. The first kappa shape index (κ1) is 16.4. The lowest BCUT2D eigenvalue weighted by molar-refractivity contribution is 0.401. The summed E-state index contributed by atoms with van der Waals surface area (Å²) in [6.45, 7) is 1.76. The molecule has 1 aromatic carbocycles. The van der Waals surface area contributed by atoms with Crippen molar-refractivity contribution in [3.8, 4) is 0 Å². The van der Waals surface area contributed by atoms with Gasteiger partial charge in [0.15, 0.2) is 0 Å². The average molecular weight is 314 g/mol. The van der Waals surface area contributed by atoms with E-state index in [1.165, 1.54) is 22.3 Å². The van der Waals surface area contributed by atoms with Crippen LogP contribution in [0.1, 0.15) is 30.5 Å². The molecule has 1 aliphatic carbocycles. The summed E-state index contributed by atoms with van der Waals surface area (Å²) in [6, 6.07) is 6.53. The zero-order valence-corrected chi connectivity index (χ0v) is 12.6. The van der Waals surface area contributed by atoms with Gasteiger partial charge in [0, 0.05) is 19.3 Å². The summed E-state index contributed by atoms with van der Waals surface area (Å²) in [7, 11) is 0. The van der Waals surface area contributed by atoms with Crippen LogP contribution in [0.15, 0.2) is 36.4 Å². The van der Waals surface area contributed by atoms with E-state index in [0.29, 0.717) is 18.6 Å². The molecule has 2 unspecified atom stereocenters. The highest BCUT2D eigenvalue weighted by Crippen LogP contribution is 2.32. The second-order valence-corrected chi connectivity index (χ2v) is 6.57. The molecule has 2 aliphatic heterocycles. The number of rotatable bonds is 5. The van der Waals surface area contributed by atoms with E-state index in [0.717, 1.165) is 26.1 Å². The molecule has 0 aromatic heterocycles. The van der Waals surface area contributed by atoms with E-state index in [1.54, 1.807) is 0 Å². The Balaban J connectivity index is 0.00000156. The summed E-state index contributed by atoms with van der Waals surface area (Å²) >= 11 is 0. The summed E-state index contributed by atoms with van der Waals surface area (Å²) in [4.78, 5) is 0. The topological polar surface area (TPSA) is 77.1 Å². The average Bonchev–Trinajstić information content (AvgIpc) is 3.36. The third kappa shape index (κ3) is 3.90. The van der Waals surface area contributed by atoms with Crippen LogP contribution in [0.3, 0.4) is 0 Å². The number of nitrogens with two attached hydrogens (primary N) is 2. The largest absolute Gasteiger partial charge is 0.373 e. The Morgan fingerprint density at radius 1 is 1.09 bits per heavy atom. The molecule has 0 bridgehead atoms. The zero-order chi connectivity index (χ0) is 15.2. The molecule has 0 spiro atoms. The molecule has 2 saturated heterocycles. The van der Waals surface area contributed by atoms with Crippen LogP contribution in [-0.4, -0.2) is 31.1 Å². The highest BCUT2D eigenvalue weighted by atomic mass is 16.6. The molecule has 3 aliphatic rings. The van der Waals surface area contributed by atoms with Crippen LogP contribution in [0.5, 0.6) is 0 Å². The Kier molecular flexibility index (Phi) is 4.43. The van der Waals surface area contributed by atoms with Gasteiger partial charge in [-0.25, -0.2) is 0 Å². The lowest BCUT2D eigenvalue weighted by Crippen LogP contribution is -2.47. The molecule has 2 atom stereocenters. The minimum Gasteiger partial charge on any atom is -0.373 e. The van der Waals surface area contributed by atoms with Crippen LogP contribution in [0.2, 0.25) is 0 Å². The second kappa shape index (κ2) is 6.21. The van der Waals surface area contributed by atoms with Gasteiger partial charge in [0.2, 0.25) is 0 Å². The molecule has 4 heteroatoms. The van der Waals surface area contributed by atoms with Crippen molar-refractivity contribution < 1.29 is 9.47 Å². The van der Waals surface area contributed by atoms with Gasteiger partial charge in [-0.3, -0.25) is 0 Å². The molecule has 4 rings (SSSR count). The third-order valence-corrected chi connectivity index (χ3v) is 4.52. The lowest BCUT2D eigenvalue weighted by Gasteiger charge is -2.24. The molecule has 1 aromatic rings. The Bertz CT molecular complexity index is 641. The third-order valence-electron chi connectivity index (χ3n) is 4.52. The Morgan fingerprint density at radius 2 is 1.78 bits per heavy atom. The van der Waals surface area contributed by atoms with Gasteiger partial charge in [-0.1, -0.05) is 37.8 Å². The van der Waals surface area contributed by atoms with Crippen molar-refractivity contribution >= 4 is 5.57 Å². The molecule has 4 nitrogen and oxygen atoms in total. The molecule has 124 valence electrons. The van der Waals surface area contributed by atoms with E-state index in [2.05, 4.69) is 24.3 Å². The monoisotopic (exact) mass is 314 g/mol. The Morgan fingerprint density at radius 3 is 2.39 bits per heavy atom. The van der Waals surface area contributed by atoms with Crippen LogP contribution < -0.4 is 11.5 Å². The van der Waals surface area contributed by atoms with Gasteiger partial charge in [-0.2, -0.15) is 0 Å². The van der Waals surface area contributed by atoms with Gasteiger partial charge < -0.3 is 20.9 Å². The maximum atomic E-state index is 5.96. The van der Waals surface area contributed by atoms with Crippen LogP contribution in [0.4, 0.5) is 0 Å². The molecule has 23 heavy (non-hydrogen) atoms. The lowest BCUT2D eigenvalue weighted by atomic mass is 9.87. The fourth-order valence-corrected chi connectivity index (χ4v) is 3.05. The summed E-state index contributed by atoms with van der Waals surface area (Å²) in [5, 5.41) is 0. The summed E-state index contributed by atoms with van der Waals surface area (Å²) < 4.78 is 10.9. The first-order chi connectivity index (χ1) is 10.6. The fourth-order valence-electron chi connectivity index (χ4n) is 3.05. The fraction of sp³-hybridized carbons (Fsp3) is 0.474. The smallest absolute Gasteiger partial charge is 0.0867 e. The first-order valence-electron chi connectivity index (χ1n) is 7.92. The molecule has 4 N–H and O–H groups in total. The van der Waals surface area contributed by atoms with Gasteiger partial charge in [-0.15, -0.1) is 0 Å². The summed E-state index contributed by atoms with van der Waals surface area (Å²) in [6.07, 6.45) is 9.48. The number of ether oxygens (including phenoxy) is 2. The quantitative estimate of drug-likeness (QED) is 0.645. The molecule has 0 radical (unpaired) electrons. The van der Waals surface area contributed by atoms with E-state index in [4.69, 9.17) is 20.9 Å². The highest BCUT2D eigenvalue weighted by Gasteiger charge is 2.29. The highest BCUT2D eigenvalue weighted by molar-refractivity contribution is 5.78. The van der Waals surface area contributed by atoms with Crippen molar-refractivity contribution in [1.29, 1.82) is 0 Å². The van der Waals surface area contributed by atoms with Gasteiger partial charge in [-0.05, 0) is 28.3 Å². The van der Waals surface area contributed by atoms with Gasteiger partial charge in [0.1, 0.15) is 0 Å². The minimum absolute atomic E-state index is 0. The molecular weight excluding hydrogens is 288 g/mol. The number of hydrogen-bond donors (Lipinski definition) is 2. The maximum Gasteiger partial charge on any atom is 0.0867 e. The van der Waals surface area contributed by atoms with E-state index in [-0.39, 0.29) is 7.43 Å². The van der Waals surface area contributed by atoms with Crippen molar-refractivity contribution in [2.45, 2.75) is 44.6 Å². The van der Waals surface area contributed by atoms with E-state index in [1.807, 2.05) is 12.2 Å². The second-order valence-electron chi connectivity index (χ2n) is 6.57. The van der Waals surface area contributed by atoms with Gasteiger partial charge in [0.25, 0.3) is 0 Å². The molecule has 2 heterocycles. The minimum atomic E-state index is -0.720. The van der Waals surface area contributed by atoms with Gasteiger partial charge >= 0.3 is 0 Å². The number of hydrogen-bond acceptors (Lipinski definition) is 4. The van der Waals surface area contributed by atoms with Gasteiger partial charge in [0.05, 0.1) is 31.1 Å². The van der Waals surface area contributed by atoms with Crippen molar-refractivity contribution in [2.24, 2.45) is 11.5 Å². The SMILES string of the molecule is C.NC1(N)C=CC(c2cccc(CC3CO3)c2CC2CO2)=CC1. The number of epoxide rings is 2. The van der Waals surface area contributed by atoms with Crippen LogP contribution in [-0.2, 0) is 22.3 Å². The van der Waals surface area contributed by atoms with E-state index in [9.17, 15) is 0 Å². The van der Waals surface area contributed by atoms with E-state index >= 15 is 0 Å². The first-order valence-corrected chi connectivity index (χ1v) is 7.92. The van der Waals surface area contributed by atoms with E-state index < -0.39 is 5.66 Å². The molecule has 0 saturated carbocycles. The summed E-state index contributed by atoms with van der Waals surface area (Å²) in [5.41, 5.74) is 16.5. The summed E-state index contributed by atoms with van der Waals surface area (Å²) in [5.74, 6) is 0. The van der Waals surface area contributed by atoms with Crippen molar-refractivity contribution in [2.75, 3.05) is 13.2 Å². The Labute approximate surface area is 138 Å². The Hall–Kier alpha value is -1.46. The van der Waals surface area contributed by atoms with Crippen LogP contribution in [0, 0.1) is 0 Å². The van der Waals surface area contributed by atoms with Crippen molar-refractivity contribution in [1.82, 2.24) is 0 Å². The molecule has 0 amide bonds. The van der Waals surface area contributed by atoms with Crippen LogP contribution in [0.25, 0.3) is 5.57 Å². The normalized spacial score (nSPS) is 27.1. The zero-order valence-electron chi connectivity index (χ0n) is 12.6. The maximum absolute atomic E-state index is 5.96. The standard InChI is InChI=1S/C18H22N2O2.CH4/c19-18(20)6-4-12(5-7-18)16-3-1-2-13(8-14-10-21-14)17(16)9-15-11-22-15;/h1-6,14-15H,7-11,19-20H2;1H4. The number of allylic oxidation sites excluding steroid dienone is 2. The van der Waals surface area contributed by atoms with Crippen molar-refractivity contribution in [3.05, 3.63) is 53.1 Å². The molecular formula is C19H26N2O2. The van der Waals surface area contributed by atoms with Crippen molar-refractivity contribution in [3.63, 3.8) is 0 Å². The van der Waals surface area contributed by atoms with Crippen LogP contribution >= 0.6 is 0 Å².